The van der Waals surface area contributed by atoms with Crippen LogP contribution in [0.25, 0.3) is 22.2 Å². The number of sulfonamides is 1. The molecule has 0 unspecified atom stereocenters. The lowest BCUT2D eigenvalue weighted by molar-refractivity contribution is -0.128. The van der Waals surface area contributed by atoms with Gasteiger partial charge in [0.15, 0.2) is 0 Å². The van der Waals surface area contributed by atoms with Crippen LogP contribution in [0.4, 0.5) is 17.2 Å². The van der Waals surface area contributed by atoms with Gasteiger partial charge in [-0.25, -0.2) is 9.97 Å². The zero-order valence-corrected chi connectivity index (χ0v) is 26.3. The molecule has 0 spiro atoms. The third-order valence-electron chi connectivity index (χ3n) is 7.57. The fourth-order valence-corrected chi connectivity index (χ4v) is 6.31. The largest absolute Gasteiger partial charge is 0.497 e. The molecule has 0 atom stereocenters. The fourth-order valence-electron chi connectivity index (χ4n) is 5.10. The molecule has 5 aromatic rings. The van der Waals surface area contributed by atoms with Crippen molar-refractivity contribution in [1.29, 1.82) is 0 Å². The molecule has 0 aliphatic rings. The number of carbonyl (C=O) groups is 1. The van der Waals surface area contributed by atoms with E-state index < -0.39 is 10.0 Å². The Morgan fingerprint density at radius 1 is 0.933 bits per heavy atom. The summed E-state index contributed by atoms with van der Waals surface area (Å²) in [7, 11) is -2.71. The van der Waals surface area contributed by atoms with Gasteiger partial charge < -0.3 is 24.4 Å². The molecule has 3 aromatic carbocycles. The van der Waals surface area contributed by atoms with E-state index >= 15 is 0 Å². The topological polar surface area (TPSA) is 119 Å². The number of anilines is 3. The number of aromatic nitrogens is 3. The number of benzene rings is 3. The highest BCUT2D eigenvalue weighted by Gasteiger charge is 2.27. The van der Waals surface area contributed by atoms with Crippen molar-refractivity contribution in [1.82, 2.24) is 19.4 Å². The Kier molecular flexibility index (Phi) is 9.95. The maximum absolute atomic E-state index is 13.2. The van der Waals surface area contributed by atoms with E-state index in [4.69, 9.17) is 9.57 Å². The minimum atomic E-state index is -4.19. The normalized spacial score (nSPS) is 11.5. The van der Waals surface area contributed by atoms with Crippen molar-refractivity contribution in [2.75, 3.05) is 36.5 Å². The number of hydrogen-bond donors (Lipinski definition) is 1. The zero-order chi connectivity index (χ0) is 31.8. The van der Waals surface area contributed by atoms with Gasteiger partial charge in [0.1, 0.15) is 17.9 Å². The average Bonchev–Trinajstić information content (AvgIpc) is 3.48. The van der Waals surface area contributed by atoms with Crippen LogP contribution in [0.1, 0.15) is 20.3 Å². The van der Waals surface area contributed by atoms with E-state index in [1.54, 1.807) is 12.1 Å². The Labute approximate surface area is 263 Å². The van der Waals surface area contributed by atoms with Gasteiger partial charge in [-0.15, -0.1) is 0 Å². The second-order valence-electron chi connectivity index (χ2n) is 10.2. The first kappa shape index (κ1) is 31.5. The van der Waals surface area contributed by atoms with Gasteiger partial charge in [-0.05, 0) is 92.8 Å². The van der Waals surface area contributed by atoms with E-state index in [2.05, 4.69) is 69.1 Å². The summed E-state index contributed by atoms with van der Waals surface area (Å²) >= 11 is 0. The van der Waals surface area contributed by atoms with E-state index in [1.165, 1.54) is 55.4 Å². The molecule has 0 radical (unpaired) electrons. The van der Waals surface area contributed by atoms with Crippen LogP contribution in [0.15, 0.2) is 96.3 Å². The zero-order valence-electron chi connectivity index (χ0n) is 25.5. The number of carbonyl (C=O) groups excluding carboxylic acids is 1. The number of aryl methyl sites for hydroxylation is 1. The first-order chi connectivity index (χ1) is 21.9. The number of hydrogen-bond acceptors (Lipinski definition) is 9. The van der Waals surface area contributed by atoms with Crippen LogP contribution < -0.4 is 14.5 Å². The lowest BCUT2D eigenvalue weighted by atomic mass is 10.1. The van der Waals surface area contributed by atoms with Gasteiger partial charge in [0.2, 0.25) is 0 Å². The molecule has 2 heterocycles. The average molecular weight is 629 g/mol. The Bertz CT molecular complexity index is 1840. The summed E-state index contributed by atoms with van der Waals surface area (Å²) < 4.78 is 34.4. The minimum absolute atomic E-state index is 0.0640. The highest BCUT2D eigenvalue weighted by atomic mass is 32.2. The van der Waals surface area contributed by atoms with Crippen molar-refractivity contribution in [3.63, 3.8) is 0 Å². The molecule has 11 nitrogen and oxygen atoms in total. The van der Waals surface area contributed by atoms with Crippen LogP contribution in [0.5, 0.6) is 5.75 Å². The molecule has 234 valence electrons. The number of fused-ring (bicyclic) bond motifs is 1. The molecular weight excluding hydrogens is 592 g/mol. The molecule has 1 N–H and O–H groups in total. The van der Waals surface area contributed by atoms with E-state index in [1.807, 2.05) is 6.07 Å². The van der Waals surface area contributed by atoms with Crippen molar-refractivity contribution in [3.8, 4) is 17.0 Å². The van der Waals surface area contributed by atoms with Gasteiger partial charge in [-0.2, -0.15) is 8.42 Å². The summed E-state index contributed by atoms with van der Waals surface area (Å²) in [5.41, 5.74) is 3.70. The van der Waals surface area contributed by atoms with Gasteiger partial charge in [-0.3, -0.25) is 4.79 Å². The predicted octanol–water partition coefficient (Wildman–Crippen LogP) is 5.87. The molecule has 45 heavy (non-hydrogen) atoms. The van der Waals surface area contributed by atoms with Crippen LogP contribution in [-0.2, 0) is 26.2 Å². The Balaban J connectivity index is 1.29. The summed E-state index contributed by atoms with van der Waals surface area (Å²) in [6.45, 7) is 8.64. The first-order valence-electron chi connectivity index (χ1n) is 14.7. The summed E-state index contributed by atoms with van der Waals surface area (Å²) in [6, 6.07) is 22.5. The Hall–Kier alpha value is -4.94. The molecular formula is C33H36N6O5S. The second kappa shape index (κ2) is 14.2. The SMILES string of the molecule is CCN(CC)CCCn1ccc2cc(-c3cc(Nc4ccc(N(OC=O)S(=O)(=O)c5ccc(OC)cc5)cc4)ncn3)ccc21. The molecule has 2 aromatic heterocycles. The molecule has 5 rings (SSSR count). The van der Waals surface area contributed by atoms with E-state index in [0.29, 0.717) is 21.7 Å². The maximum atomic E-state index is 13.2. The van der Waals surface area contributed by atoms with Crippen molar-refractivity contribution in [3.05, 3.63) is 91.4 Å². The standard InChI is InChI=1S/C33H36N6O5S/c1-4-37(5-2)18-6-19-38-20-17-26-21-25(7-16-32(26)38)31-22-33(35-23-34-31)36-27-8-10-28(11-9-27)39(44-24-40)45(41,42)30-14-12-29(43-3)13-15-30/h7-17,20-24H,4-6,18-19H2,1-3H3,(H,34,35,36). The number of ether oxygens (including phenoxy) is 1. The summed E-state index contributed by atoms with van der Waals surface area (Å²) in [5, 5.41) is 4.37. The quantitative estimate of drug-likeness (QED) is 0.112. The molecule has 0 aliphatic heterocycles. The van der Waals surface area contributed by atoms with Gasteiger partial charge in [0.25, 0.3) is 10.0 Å². The number of nitrogens with one attached hydrogen (secondary N) is 1. The Morgan fingerprint density at radius 3 is 2.38 bits per heavy atom. The van der Waals surface area contributed by atoms with Crippen LogP contribution in [-0.4, -0.2) is 61.1 Å². The summed E-state index contributed by atoms with van der Waals surface area (Å²) in [5.74, 6) is 1.06. The molecule has 0 bridgehead atoms. The van der Waals surface area contributed by atoms with Crippen molar-refractivity contribution >= 4 is 44.6 Å². The molecule has 12 heteroatoms. The van der Waals surface area contributed by atoms with Crippen molar-refractivity contribution in [2.24, 2.45) is 0 Å². The minimum Gasteiger partial charge on any atom is -0.497 e. The van der Waals surface area contributed by atoms with E-state index in [-0.39, 0.29) is 17.1 Å². The van der Waals surface area contributed by atoms with Gasteiger partial charge in [0, 0.05) is 41.0 Å². The van der Waals surface area contributed by atoms with Crippen LogP contribution in [0, 0.1) is 0 Å². The number of rotatable bonds is 15. The van der Waals surface area contributed by atoms with Crippen molar-refractivity contribution in [2.45, 2.75) is 31.7 Å². The third kappa shape index (κ3) is 7.24. The lowest BCUT2D eigenvalue weighted by Crippen LogP contribution is -2.30. The van der Waals surface area contributed by atoms with Crippen LogP contribution >= 0.6 is 0 Å². The van der Waals surface area contributed by atoms with Crippen LogP contribution in [0.2, 0.25) is 0 Å². The molecule has 0 amide bonds. The Morgan fingerprint density at radius 2 is 1.69 bits per heavy atom. The first-order valence-corrected chi connectivity index (χ1v) is 16.1. The van der Waals surface area contributed by atoms with E-state index in [9.17, 15) is 13.2 Å². The number of methoxy groups -OCH3 is 1. The number of nitrogens with zero attached hydrogens (tertiary/aromatic N) is 5. The van der Waals surface area contributed by atoms with E-state index in [0.717, 1.165) is 49.2 Å². The smallest absolute Gasteiger partial charge is 0.322 e. The van der Waals surface area contributed by atoms with Gasteiger partial charge >= 0.3 is 6.47 Å². The molecule has 0 saturated heterocycles. The fraction of sp³-hybridized carbons (Fsp3) is 0.242. The lowest BCUT2D eigenvalue weighted by Gasteiger charge is -2.21. The molecule has 0 fully saturated rings. The van der Waals surface area contributed by atoms with Crippen LogP contribution in [0.3, 0.4) is 0 Å². The monoisotopic (exact) mass is 628 g/mol. The highest BCUT2D eigenvalue weighted by Crippen LogP contribution is 2.29. The van der Waals surface area contributed by atoms with Gasteiger partial charge in [0.05, 0.1) is 23.4 Å². The maximum Gasteiger partial charge on any atom is 0.322 e. The summed E-state index contributed by atoms with van der Waals surface area (Å²) in [6.07, 6.45) is 4.72. The van der Waals surface area contributed by atoms with Gasteiger partial charge in [-0.1, -0.05) is 24.4 Å². The summed E-state index contributed by atoms with van der Waals surface area (Å²) in [4.78, 5) is 27.3. The van der Waals surface area contributed by atoms with Crippen molar-refractivity contribution < 1.29 is 22.8 Å². The third-order valence-corrected chi connectivity index (χ3v) is 9.17. The predicted molar refractivity (Wildman–Crippen MR) is 175 cm³/mol. The second-order valence-corrected chi connectivity index (χ2v) is 12.0. The molecule has 0 saturated carbocycles. The molecule has 0 aliphatic carbocycles. The highest BCUT2D eigenvalue weighted by molar-refractivity contribution is 7.92.